The van der Waals surface area contributed by atoms with Gasteiger partial charge in [0.1, 0.15) is 12.4 Å². The number of fused-ring (bicyclic) bond motifs is 1. The van der Waals surface area contributed by atoms with Crippen LogP contribution in [0.3, 0.4) is 0 Å². The van der Waals surface area contributed by atoms with Gasteiger partial charge in [-0.25, -0.2) is 0 Å². The van der Waals surface area contributed by atoms with Gasteiger partial charge in [0, 0.05) is 12.2 Å². The summed E-state index contributed by atoms with van der Waals surface area (Å²) in [5.74, 6) is 0.924. The Morgan fingerprint density at radius 3 is 3.16 bits per heavy atom. The minimum atomic E-state index is -0.0787. The van der Waals surface area contributed by atoms with Crippen molar-refractivity contribution in [1.82, 2.24) is 0 Å². The molecule has 2 N–H and O–H groups in total. The zero-order valence-electron chi connectivity index (χ0n) is 10.8. The number of aryl methyl sites for hydroxylation is 1. The topological polar surface area (TPSA) is 64.8 Å². The van der Waals surface area contributed by atoms with E-state index >= 15 is 0 Å². The molecule has 1 amide bonds. The highest BCUT2D eigenvalue weighted by Gasteiger charge is 2.27. The molecular weight excluding hydrogens is 244 g/mol. The van der Waals surface area contributed by atoms with Crippen LogP contribution in [0.25, 0.3) is 0 Å². The molecule has 2 aliphatic heterocycles. The lowest BCUT2D eigenvalue weighted by molar-refractivity contribution is -0.128. The highest BCUT2D eigenvalue weighted by Crippen LogP contribution is 2.30. The van der Waals surface area contributed by atoms with E-state index in [0.29, 0.717) is 13.1 Å². The number of hydrogen-bond donors (Lipinski definition) is 1. The van der Waals surface area contributed by atoms with E-state index in [9.17, 15) is 4.79 Å². The molecule has 102 valence electrons. The summed E-state index contributed by atoms with van der Waals surface area (Å²) < 4.78 is 10.9. The predicted molar refractivity (Wildman–Crippen MR) is 71.4 cm³/mol. The maximum atomic E-state index is 12.0. The first-order valence-corrected chi connectivity index (χ1v) is 6.65. The lowest BCUT2D eigenvalue weighted by atomic mass is 10.0. The van der Waals surface area contributed by atoms with Gasteiger partial charge in [-0.15, -0.1) is 0 Å². The van der Waals surface area contributed by atoms with Gasteiger partial charge in [0.25, 0.3) is 5.91 Å². The van der Waals surface area contributed by atoms with Crippen molar-refractivity contribution in [2.45, 2.75) is 18.9 Å². The molecule has 0 radical (unpaired) electrons. The van der Waals surface area contributed by atoms with Crippen LogP contribution in [0.4, 0.5) is 5.69 Å². The van der Waals surface area contributed by atoms with E-state index in [1.807, 2.05) is 18.2 Å². The molecule has 1 saturated heterocycles. The van der Waals surface area contributed by atoms with Crippen molar-refractivity contribution in [2.75, 3.05) is 31.2 Å². The number of ether oxygens (including phenoxy) is 2. The molecule has 0 saturated carbocycles. The van der Waals surface area contributed by atoms with Crippen molar-refractivity contribution in [2.24, 2.45) is 5.73 Å². The van der Waals surface area contributed by atoms with Crippen LogP contribution >= 0.6 is 0 Å². The Hall–Kier alpha value is -1.59. The van der Waals surface area contributed by atoms with Gasteiger partial charge < -0.3 is 20.1 Å². The Morgan fingerprint density at radius 1 is 1.42 bits per heavy atom. The number of nitrogens with zero attached hydrogens (tertiary/aromatic N) is 1. The minimum Gasteiger partial charge on any atom is -0.493 e. The molecule has 2 aliphatic rings. The SMILES string of the molecule is NCC1CN(c2ccc3c(c2)CCCO3)C(=O)CO1. The quantitative estimate of drug-likeness (QED) is 0.852. The number of morpholine rings is 1. The molecule has 0 aliphatic carbocycles. The molecule has 2 heterocycles. The highest BCUT2D eigenvalue weighted by molar-refractivity contribution is 5.95. The van der Waals surface area contributed by atoms with Crippen molar-refractivity contribution in [3.63, 3.8) is 0 Å². The molecule has 0 aromatic heterocycles. The number of nitrogens with two attached hydrogens (primary N) is 1. The molecule has 3 rings (SSSR count). The zero-order valence-corrected chi connectivity index (χ0v) is 10.8. The van der Waals surface area contributed by atoms with Gasteiger partial charge in [-0.1, -0.05) is 0 Å². The fraction of sp³-hybridized carbons (Fsp3) is 0.500. The van der Waals surface area contributed by atoms with Crippen LogP contribution in [0.5, 0.6) is 5.75 Å². The largest absolute Gasteiger partial charge is 0.493 e. The number of carbonyl (C=O) groups is 1. The number of benzene rings is 1. The fourth-order valence-electron chi connectivity index (χ4n) is 2.53. The summed E-state index contributed by atoms with van der Waals surface area (Å²) >= 11 is 0. The van der Waals surface area contributed by atoms with E-state index in [-0.39, 0.29) is 18.6 Å². The van der Waals surface area contributed by atoms with E-state index in [1.165, 1.54) is 5.56 Å². The average Bonchev–Trinajstić information content (AvgIpc) is 2.47. The van der Waals surface area contributed by atoms with Crippen LogP contribution < -0.4 is 15.4 Å². The predicted octanol–water partition coefficient (Wildman–Crippen LogP) is 0.702. The number of amides is 1. The molecule has 0 spiro atoms. The van der Waals surface area contributed by atoms with Crippen molar-refractivity contribution in [3.8, 4) is 5.75 Å². The maximum Gasteiger partial charge on any atom is 0.253 e. The molecule has 1 atom stereocenters. The van der Waals surface area contributed by atoms with Crippen LogP contribution in [0.1, 0.15) is 12.0 Å². The summed E-state index contributed by atoms with van der Waals surface area (Å²) in [4.78, 5) is 13.7. The number of carbonyl (C=O) groups excluding carboxylic acids is 1. The van der Waals surface area contributed by atoms with Crippen molar-refractivity contribution < 1.29 is 14.3 Å². The second-order valence-corrected chi connectivity index (χ2v) is 4.92. The third-order valence-corrected chi connectivity index (χ3v) is 3.60. The van der Waals surface area contributed by atoms with Gasteiger partial charge >= 0.3 is 0 Å². The molecule has 5 heteroatoms. The molecule has 19 heavy (non-hydrogen) atoms. The maximum absolute atomic E-state index is 12.0. The van der Waals surface area contributed by atoms with Crippen LogP contribution in [-0.2, 0) is 16.0 Å². The van der Waals surface area contributed by atoms with E-state index in [4.69, 9.17) is 15.2 Å². The minimum absolute atomic E-state index is 0.0126. The average molecular weight is 262 g/mol. The molecule has 1 aromatic carbocycles. The Balaban J connectivity index is 1.86. The van der Waals surface area contributed by atoms with Crippen molar-refractivity contribution in [1.29, 1.82) is 0 Å². The third-order valence-electron chi connectivity index (χ3n) is 3.60. The summed E-state index contributed by atoms with van der Waals surface area (Å²) in [5, 5.41) is 0. The Labute approximate surface area is 112 Å². The molecular formula is C14H18N2O3. The summed E-state index contributed by atoms with van der Waals surface area (Å²) in [5.41, 5.74) is 7.70. The van der Waals surface area contributed by atoms with Gasteiger partial charge in [0.2, 0.25) is 0 Å². The monoisotopic (exact) mass is 262 g/mol. The molecule has 0 bridgehead atoms. The molecule has 1 unspecified atom stereocenters. The number of anilines is 1. The number of hydrogen-bond acceptors (Lipinski definition) is 4. The second kappa shape index (κ2) is 5.19. The van der Waals surface area contributed by atoms with Gasteiger partial charge in [0.15, 0.2) is 0 Å². The van der Waals surface area contributed by atoms with Gasteiger partial charge in [-0.3, -0.25) is 4.79 Å². The van der Waals surface area contributed by atoms with Crippen LogP contribution in [-0.4, -0.2) is 38.3 Å². The Kier molecular flexibility index (Phi) is 3.40. The lowest BCUT2D eigenvalue weighted by Crippen LogP contribution is -2.49. The standard InChI is InChI=1S/C14H18N2O3/c15-7-12-8-16(14(17)9-19-12)11-3-4-13-10(6-11)2-1-5-18-13/h3-4,6,12H,1-2,5,7-9,15H2. The second-order valence-electron chi connectivity index (χ2n) is 4.92. The van der Waals surface area contributed by atoms with Crippen LogP contribution in [0.15, 0.2) is 18.2 Å². The van der Waals surface area contributed by atoms with Crippen molar-refractivity contribution >= 4 is 11.6 Å². The zero-order chi connectivity index (χ0) is 13.2. The van der Waals surface area contributed by atoms with E-state index in [2.05, 4.69) is 0 Å². The molecule has 5 nitrogen and oxygen atoms in total. The summed E-state index contributed by atoms with van der Waals surface area (Å²) in [6.45, 7) is 1.83. The van der Waals surface area contributed by atoms with E-state index in [1.54, 1.807) is 4.90 Å². The lowest BCUT2D eigenvalue weighted by Gasteiger charge is -2.32. The van der Waals surface area contributed by atoms with Gasteiger partial charge in [-0.05, 0) is 36.6 Å². The Morgan fingerprint density at radius 2 is 2.32 bits per heavy atom. The molecule has 1 fully saturated rings. The summed E-state index contributed by atoms with van der Waals surface area (Å²) in [6, 6.07) is 5.93. The summed E-state index contributed by atoms with van der Waals surface area (Å²) in [6.07, 6.45) is 1.95. The molecule has 1 aromatic rings. The first-order chi connectivity index (χ1) is 9.28. The first kappa shape index (κ1) is 12.4. The fourth-order valence-corrected chi connectivity index (χ4v) is 2.53. The van der Waals surface area contributed by atoms with Crippen LogP contribution in [0, 0.1) is 0 Å². The normalized spacial score (nSPS) is 22.9. The third kappa shape index (κ3) is 2.43. The van der Waals surface area contributed by atoms with E-state index < -0.39 is 0 Å². The van der Waals surface area contributed by atoms with Gasteiger partial charge in [0.05, 0.1) is 19.3 Å². The van der Waals surface area contributed by atoms with E-state index in [0.717, 1.165) is 30.9 Å². The Bertz CT molecular complexity index is 490. The smallest absolute Gasteiger partial charge is 0.253 e. The first-order valence-electron chi connectivity index (χ1n) is 6.65. The van der Waals surface area contributed by atoms with Crippen LogP contribution in [0.2, 0.25) is 0 Å². The van der Waals surface area contributed by atoms with Crippen molar-refractivity contribution in [3.05, 3.63) is 23.8 Å². The summed E-state index contributed by atoms with van der Waals surface area (Å²) in [7, 11) is 0. The van der Waals surface area contributed by atoms with Gasteiger partial charge in [-0.2, -0.15) is 0 Å². The highest BCUT2D eigenvalue weighted by atomic mass is 16.5. The number of rotatable bonds is 2.